The van der Waals surface area contributed by atoms with E-state index in [0.717, 1.165) is 18.6 Å². The number of nitrogens with one attached hydrogen (secondary N) is 1. The summed E-state index contributed by atoms with van der Waals surface area (Å²) in [5.74, 6) is 0.904. The first-order chi connectivity index (χ1) is 10.6. The van der Waals surface area contributed by atoms with E-state index < -0.39 is 0 Å². The molecule has 1 amide bonds. The molecule has 0 saturated heterocycles. The molecule has 0 bridgehead atoms. The van der Waals surface area contributed by atoms with Gasteiger partial charge in [0, 0.05) is 17.6 Å². The summed E-state index contributed by atoms with van der Waals surface area (Å²) in [5.41, 5.74) is 0. The van der Waals surface area contributed by atoms with Gasteiger partial charge in [0.05, 0.1) is 6.04 Å². The predicted molar refractivity (Wildman–Crippen MR) is 89.4 cm³/mol. The lowest BCUT2D eigenvalue weighted by molar-refractivity contribution is -0.126. The van der Waals surface area contributed by atoms with E-state index in [0.29, 0.717) is 24.2 Å². The van der Waals surface area contributed by atoms with Crippen molar-refractivity contribution in [1.29, 1.82) is 0 Å². The quantitative estimate of drug-likeness (QED) is 0.838. The summed E-state index contributed by atoms with van der Waals surface area (Å²) in [7, 11) is 1.95. The smallest absolute Gasteiger partial charge is 0.237 e. The minimum absolute atomic E-state index is 0.112. The summed E-state index contributed by atoms with van der Waals surface area (Å²) in [4.78, 5) is 14.2. The number of hydrogen-bond acceptors (Lipinski definition) is 3. The van der Waals surface area contributed by atoms with Crippen LogP contribution < -0.4 is 10.1 Å². The summed E-state index contributed by atoms with van der Waals surface area (Å²) >= 11 is 5.83. The number of amides is 1. The lowest BCUT2D eigenvalue weighted by Gasteiger charge is -2.25. The van der Waals surface area contributed by atoms with Crippen molar-refractivity contribution in [3.63, 3.8) is 0 Å². The maximum Gasteiger partial charge on any atom is 0.237 e. The summed E-state index contributed by atoms with van der Waals surface area (Å²) in [6.07, 6.45) is 4.68. The fourth-order valence-electron chi connectivity index (χ4n) is 2.62. The van der Waals surface area contributed by atoms with Gasteiger partial charge in [-0.05, 0) is 51.1 Å². The molecule has 0 aliphatic heterocycles. The van der Waals surface area contributed by atoms with Crippen LogP contribution in [0.2, 0.25) is 5.02 Å². The molecule has 1 atom stereocenters. The summed E-state index contributed by atoms with van der Waals surface area (Å²) in [6, 6.07) is 7.52. The fourth-order valence-corrected chi connectivity index (χ4v) is 2.75. The van der Waals surface area contributed by atoms with Gasteiger partial charge in [-0.2, -0.15) is 0 Å². The highest BCUT2D eigenvalue weighted by molar-refractivity contribution is 6.30. The van der Waals surface area contributed by atoms with Gasteiger partial charge >= 0.3 is 0 Å². The molecule has 2 rings (SSSR count). The number of likely N-dealkylation sites (N-methyl/N-ethyl adjacent to an activating group) is 1. The van der Waals surface area contributed by atoms with E-state index in [2.05, 4.69) is 5.32 Å². The van der Waals surface area contributed by atoms with Crippen LogP contribution >= 0.6 is 11.6 Å². The normalized spacial score (nSPS) is 16.7. The van der Waals surface area contributed by atoms with Gasteiger partial charge in [-0.25, -0.2) is 0 Å². The van der Waals surface area contributed by atoms with Crippen molar-refractivity contribution in [2.75, 3.05) is 20.2 Å². The molecule has 0 aromatic heterocycles. The van der Waals surface area contributed by atoms with Gasteiger partial charge < -0.3 is 10.1 Å². The molecule has 1 saturated carbocycles. The van der Waals surface area contributed by atoms with E-state index in [1.54, 1.807) is 12.1 Å². The van der Waals surface area contributed by atoms with Gasteiger partial charge in [-0.1, -0.05) is 24.4 Å². The van der Waals surface area contributed by atoms with E-state index in [-0.39, 0.29) is 11.9 Å². The Balaban J connectivity index is 1.69. The van der Waals surface area contributed by atoms with Crippen molar-refractivity contribution in [2.45, 2.75) is 44.7 Å². The minimum Gasteiger partial charge on any atom is -0.492 e. The zero-order valence-electron chi connectivity index (χ0n) is 13.3. The molecule has 5 heteroatoms. The molecule has 22 heavy (non-hydrogen) atoms. The van der Waals surface area contributed by atoms with Gasteiger partial charge in [-0.15, -0.1) is 0 Å². The van der Waals surface area contributed by atoms with Gasteiger partial charge in [0.1, 0.15) is 12.4 Å². The number of halogens is 1. The number of hydrogen-bond donors (Lipinski definition) is 1. The van der Waals surface area contributed by atoms with E-state index >= 15 is 0 Å². The maximum atomic E-state index is 12.2. The van der Waals surface area contributed by atoms with Crippen LogP contribution in [0.3, 0.4) is 0 Å². The van der Waals surface area contributed by atoms with E-state index in [1.807, 2.05) is 31.0 Å². The topological polar surface area (TPSA) is 41.6 Å². The highest BCUT2D eigenvalue weighted by Crippen LogP contribution is 2.18. The first-order valence-corrected chi connectivity index (χ1v) is 8.33. The third kappa shape index (κ3) is 5.18. The average molecular weight is 325 g/mol. The van der Waals surface area contributed by atoms with Crippen molar-refractivity contribution in [3.8, 4) is 5.75 Å². The van der Waals surface area contributed by atoms with Crippen LogP contribution in [-0.4, -0.2) is 43.1 Å². The van der Waals surface area contributed by atoms with Crippen LogP contribution in [0.5, 0.6) is 5.75 Å². The monoisotopic (exact) mass is 324 g/mol. The Kier molecular flexibility index (Phi) is 6.52. The molecule has 1 aliphatic rings. The Morgan fingerprint density at radius 3 is 2.64 bits per heavy atom. The fraction of sp³-hybridized carbons (Fsp3) is 0.588. The summed E-state index contributed by atoms with van der Waals surface area (Å²) < 4.78 is 5.66. The standard InChI is InChI=1S/C17H25ClN2O2/c1-13(17(21)19-15-5-3-4-6-15)20(2)11-12-22-16-9-7-14(18)8-10-16/h7-10,13,15H,3-6,11-12H2,1-2H3,(H,19,21). The Labute approximate surface area is 137 Å². The van der Waals surface area contributed by atoms with E-state index in [9.17, 15) is 4.79 Å². The SMILES string of the molecule is CC(C(=O)NC1CCCC1)N(C)CCOc1ccc(Cl)cc1. The second-order valence-corrected chi connectivity index (χ2v) is 6.39. The Morgan fingerprint density at radius 1 is 1.36 bits per heavy atom. The lowest BCUT2D eigenvalue weighted by atomic mass is 10.2. The molecule has 122 valence electrons. The van der Waals surface area contributed by atoms with Crippen molar-refractivity contribution in [3.05, 3.63) is 29.3 Å². The minimum atomic E-state index is -0.144. The number of carbonyl (C=O) groups is 1. The molecule has 4 nitrogen and oxygen atoms in total. The number of benzene rings is 1. The van der Waals surface area contributed by atoms with Crippen LogP contribution in [-0.2, 0) is 4.79 Å². The van der Waals surface area contributed by atoms with Crippen LogP contribution in [0.25, 0.3) is 0 Å². The lowest BCUT2D eigenvalue weighted by Crippen LogP contribution is -2.47. The van der Waals surface area contributed by atoms with E-state index in [1.165, 1.54) is 12.8 Å². The van der Waals surface area contributed by atoms with Crippen molar-refractivity contribution in [1.82, 2.24) is 10.2 Å². The largest absolute Gasteiger partial charge is 0.492 e. The van der Waals surface area contributed by atoms with Crippen LogP contribution in [0.15, 0.2) is 24.3 Å². The first kappa shape index (κ1) is 17.1. The molecule has 1 aliphatic carbocycles. The highest BCUT2D eigenvalue weighted by atomic mass is 35.5. The van der Waals surface area contributed by atoms with Crippen LogP contribution in [0.4, 0.5) is 0 Å². The number of nitrogens with zero attached hydrogens (tertiary/aromatic N) is 1. The second-order valence-electron chi connectivity index (χ2n) is 5.95. The van der Waals surface area contributed by atoms with Crippen LogP contribution in [0, 0.1) is 0 Å². The average Bonchev–Trinajstić information content (AvgIpc) is 3.01. The third-order valence-corrected chi connectivity index (χ3v) is 4.52. The molecule has 0 radical (unpaired) electrons. The number of ether oxygens (including phenoxy) is 1. The van der Waals surface area contributed by atoms with Crippen molar-refractivity contribution in [2.24, 2.45) is 0 Å². The van der Waals surface area contributed by atoms with Gasteiger partial charge in [0.25, 0.3) is 0 Å². The Morgan fingerprint density at radius 2 is 2.00 bits per heavy atom. The molecule has 0 heterocycles. The van der Waals surface area contributed by atoms with E-state index in [4.69, 9.17) is 16.3 Å². The van der Waals surface area contributed by atoms with Crippen LogP contribution in [0.1, 0.15) is 32.6 Å². The molecule has 1 aromatic carbocycles. The number of rotatable bonds is 7. The van der Waals surface area contributed by atoms with Gasteiger partial charge in [0.2, 0.25) is 5.91 Å². The first-order valence-electron chi connectivity index (χ1n) is 7.95. The molecule has 0 spiro atoms. The highest BCUT2D eigenvalue weighted by Gasteiger charge is 2.22. The number of carbonyl (C=O) groups excluding carboxylic acids is 1. The molecule has 1 N–H and O–H groups in total. The zero-order valence-corrected chi connectivity index (χ0v) is 14.1. The molecule has 1 fully saturated rings. The van der Waals surface area contributed by atoms with Crippen molar-refractivity contribution < 1.29 is 9.53 Å². The van der Waals surface area contributed by atoms with Crippen molar-refractivity contribution >= 4 is 17.5 Å². The summed E-state index contributed by atoms with van der Waals surface area (Å²) in [6.45, 7) is 3.17. The third-order valence-electron chi connectivity index (χ3n) is 4.27. The molecular formula is C17H25ClN2O2. The Bertz CT molecular complexity index is 472. The molecule has 1 aromatic rings. The second kappa shape index (κ2) is 8.39. The summed E-state index contributed by atoms with van der Waals surface area (Å²) in [5, 5.41) is 3.83. The zero-order chi connectivity index (χ0) is 15.9. The predicted octanol–water partition coefficient (Wildman–Crippen LogP) is 3.10. The molecule has 1 unspecified atom stereocenters. The van der Waals surface area contributed by atoms with Gasteiger partial charge in [0.15, 0.2) is 0 Å². The molecular weight excluding hydrogens is 300 g/mol. The Hall–Kier alpha value is -1.26. The van der Waals surface area contributed by atoms with Gasteiger partial charge in [-0.3, -0.25) is 9.69 Å². The maximum absolute atomic E-state index is 12.2.